The molecule has 0 fully saturated rings. The van der Waals surface area contributed by atoms with Crippen molar-refractivity contribution in [3.63, 3.8) is 0 Å². The molecular weight excluding hydrogens is 274 g/mol. The number of rotatable bonds is 6. The smallest absolute Gasteiger partial charge is 0.241 e. The number of aromatic nitrogens is 2. The van der Waals surface area contributed by atoms with Gasteiger partial charge < -0.3 is 5.11 Å². The van der Waals surface area contributed by atoms with Crippen molar-refractivity contribution in [2.24, 2.45) is 0 Å². The summed E-state index contributed by atoms with van der Waals surface area (Å²) in [6.45, 7) is 0.447. The van der Waals surface area contributed by atoms with Gasteiger partial charge in [0.2, 0.25) is 10.0 Å². The number of aliphatic hydroxyl groups is 1. The number of hydrogen-bond acceptors (Lipinski definition) is 5. The van der Waals surface area contributed by atoms with E-state index in [-0.39, 0.29) is 18.0 Å². The largest absolute Gasteiger partial charge is 0.391 e. The zero-order valence-corrected chi connectivity index (χ0v) is 11.1. The van der Waals surface area contributed by atoms with Crippen LogP contribution in [0.5, 0.6) is 0 Å². The Kier molecular flexibility index (Phi) is 4.12. The molecule has 0 aliphatic heterocycles. The van der Waals surface area contributed by atoms with Crippen LogP contribution in [-0.2, 0) is 23.2 Å². The summed E-state index contributed by atoms with van der Waals surface area (Å²) >= 11 is 1.22. The molecule has 0 bridgehead atoms. The van der Waals surface area contributed by atoms with Crippen LogP contribution in [0.4, 0.5) is 0 Å². The molecule has 0 saturated carbocycles. The first-order chi connectivity index (χ1) is 8.63. The van der Waals surface area contributed by atoms with Gasteiger partial charge in [-0.05, 0) is 17.5 Å². The van der Waals surface area contributed by atoms with Crippen LogP contribution >= 0.6 is 11.3 Å². The molecular formula is C10H13N3O3S2. The second kappa shape index (κ2) is 5.61. The van der Waals surface area contributed by atoms with E-state index in [0.717, 1.165) is 0 Å². The maximum absolute atomic E-state index is 12.0. The summed E-state index contributed by atoms with van der Waals surface area (Å²) in [5.41, 5.74) is 0. The van der Waals surface area contributed by atoms with Crippen LogP contribution < -0.4 is 4.72 Å². The minimum atomic E-state index is -3.55. The lowest BCUT2D eigenvalue weighted by atomic mass is 10.5. The van der Waals surface area contributed by atoms with Gasteiger partial charge in [-0.15, -0.1) is 11.3 Å². The van der Waals surface area contributed by atoms with Gasteiger partial charge in [0.25, 0.3) is 0 Å². The van der Waals surface area contributed by atoms with Gasteiger partial charge in [0, 0.05) is 23.8 Å². The molecule has 2 heterocycles. The zero-order valence-electron chi connectivity index (χ0n) is 9.48. The lowest BCUT2D eigenvalue weighted by Crippen LogP contribution is -2.27. The molecule has 0 saturated heterocycles. The maximum atomic E-state index is 12.0. The monoisotopic (exact) mass is 287 g/mol. The number of thiophene rings is 1. The first kappa shape index (κ1) is 13.2. The molecule has 0 aromatic carbocycles. The Bertz CT molecular complexity index is 590. The molecule has 98 valence electrons. The van der Waals surface area contributed by atoms with Gasteiger partial charge in [0.05, 0.1) is 18.0 Å². The highest BCUT2D eigenvalue weighted by Gasteiger charge is 2.18. The summed E-state index contributed by atoms with van der Waals surface area (Å²) in [5, 5.41) is 14.7. The molecule has 0 atom stereocenters. The third-order valence-corrected chi connectivity index (χ3v) is 4.91. The molecule has 0 aliphatic rings. The maximum Gasteiger partial charge on any atom is 0.241 e. The van der Waals surface area contributed by atoms with Gasteiger partial charge in [-0.2, -0.15) is 5.10 Å². The number of sulfonamides is 1. The molecule has 2 N–H and O–H groups in total. The van der Waals surface area contributed by atoms with Gasteiger partial charge in [0.15, 0.2) is 0 Å². The van der Waals surface area contributed by atoms with E-state index >= 15 is 0 Å². The standard InChI is InChI=1S/C10H13N3O3S2/c14-8-9-10(2-7-17-9)18(15,16)12-4-6-13-5-1-3-11-13/h1-3,5,7,12,14H,4,6,8H2. The van der Waals surface area contributed by atoms with Gasteiger partial charge in [0.1, 0.15) is 0 Å². The van der Waals surface area contributed by atoms with Crippen LogP contribution in [0.25, 0.3) is 0 Å². The lowest BCUT2D eigenvalue weighted by Gasteiger charge is -2.06. The molecule has 2 aromatic heterocycles. The van der Waals surface area contributed by atoms with E-state index in [0.29, 0.717) is 11.4 Å². The zero-order chi connectivity index (χ0) is 13.0. The first-order valence-electron chi connectivity index (χ1n) is 5.28. The van der Waals surface area contributed by atoms with E-state index in [1.807, 2.05) is 0 Å². The Morgan fingerprint density at radius 3 is 3.00 bits per heavy atom. The summed E-state index contributed by atoms with van der Waals surface area (Å²) in [5.74, 6) is 0. The van der Waals surface area contributed by atoms with E-state index in [4.69, 9.17) is 5.11 Å². The van der Waals surface area contributed by atoms with Crippen molar-refractivity contribution in [1.29, 1.82) is 0 Å². The quantitative estimate of drug-likeness (QED) is 0.806. The summed E-state index contributed by atoms with van der Waals surface area (Å²) in [7, 11) is -3.55. The minimum Gasteiger partial charge on any atom is -0.391 e. The summed E-state index contributed by atoms with van der Waals surface area (Å²) < 4.78 is 28.0. The summed E-state index contributed by atoms with van der Waals surface area (Å²) in [6, 6.07) is 3.27. The average molecular weight is 287 g/mol. The van der Waals surface area contributed by atoms with Crippen molar-refractivity contribution in [3.8, 4) is 0 Å². The second-order valence-corrected chi connectivity index (χ2v) is 6.27. The Morgan fingerprint density at radius 2 is 2.33 bits per heavy atom. The Hall–Kier alpha value is -1.22. The molecule has 0 spiro atoms. The van der Waals surface area contributed by atoms with E-state index in [1.165, 1.54) is 17.4 Å². The second-order valence-electron chi connectivity index (χ2n) is 3.53. The predicted octanol–water partition coefficient (Wildman–Crippen LogP) is 0.415. The van der Waals surface area contributed by atoms with Gasteiger partial charge in [-0.25, -0.2) is 13.1 Å². The van der Waals surface area contributed by atoms with Crippen molar-refractivity contribution in [3.05, 3.63) is 34.8 Å². The van der Waals surface area contributed by atoms with Crippen LogP contribution in [0.2, 0.25) is 0 Å². The fraction of sp³-hybridized carbons (Fsp3) is 0.300. The van der Waals surface area contributed by atoms with Crippen molar-refractivity contribution in [2.75, 3.05) is 6.54 Å². The normalized spacial score (nSPS) is 11.8. The van der Waals surface area contributed by atoms with Crippen molar-refractivity contribution in [1.82, 2.24) is 14.5 Å². The molecule has 2 aromatic rings. The van der Waals surface area contributed by atoms with Crippen LogP contribution in [0.15, 0.2) is 34.8 Å². The van der Waals surface area contributed by atoms with E-state index < -0.39 is 10.0 Å². The third kappa shape index (κ3) is 2.96. The van der Waals surface area contributed by atoms with Gasteiger partial charge >= 0.3 is 0 Å². The highest BCUT2D eigenvalue weighted by atomic mass is 32.2. The molecule has 0 radical (unpaired) electrons. The molecule has 0 aliphatic carbocycles. The van der Waals surface area contributed by atoms with Gasteiger partial charge in [-0.1, -0.05) is 0 Å². The Labute approximate surface area is 109 Å². The van der Waals surface area contributed by atoms with E-state index in [2.05, 4.69) is 9.82 Å². The van der Waals surface area contributed by atoms with Crippen molar-refractivity contribution in [2.45, 2.75) is 18.0 Å². The fourth-order valence-electron chi connectivity index (χ4n) is 1.49. The SMILES string of the molecule is O=S(=O)(NCCn1cccn1)c1ccsc1CO. The third-order valence-electron chi connectivity index (χ3n) is 2.33. The van der Waals surface area contributed by atoms with Crippen LogP contribution in [0.3, 0.4) is 0 Å². The summed E-state index contributed by atoms with van der Waals surface area (Å²) in [6.07, 6.45) is 3.40. The van der Waals surface area contributed by atoms with Crippen LogP contribution in [0.1, 0.15) is 4.88 Å². The molecule has 0 amide bonds. The molecule has 8 heteroatoms. The molecule has 2 rings (SSSR count). The molecule has 6 nitrogen and oxygen atoms in total. The minimum absolute atomic E-state index is 0.149. The Morgan fingerprint density at radius 1 is 1.50 bits per heavy atom. The number of aliphatic hydroxyl groups excluding tert-OH is 1. The highest BCUT2D eigenvalue weighted by molar-refractivity contribution is 7.89. The van der Waals surface area contributed by atoms with E-state index in [1.54, 1.807) is 28.5 Å². The number of hydrogen-bond donors (Lipinski definition) is 2. The number of nitrogens with one attached hydrogen (secondary N) is 1. The first-order valence-corrected chi connectivity index (χ1v) is 7.64. The topological polar surface area (TPSA) is 84.2 Å². The van der Waals surface area contributed by atoms with Crippen molar-refractivity contribution < 1.29 is 13.5 Å². The van der Waals surface area contributed by atoms with Crippen LogP contribution in [0, 0.1) is 0 Å². The highest BCUT2D eigenvalue weighted by Crippen LogP contribution is 2.21. The number of nitrogens with zero attached hydrogens (tertiary/aromatic N) is 2. The Balaban J connectivity index is 1.99. The molecule has 18 heavy (non-hydrogen) atoms. The predicted molar refractivity (Wildman–Crippen MR) is 67.7 cm³/mol. The van der Waals surface area contributed by atoms with E-state index in [9.17, 15) is 8.42 Å². The average Bonchev–Trinajstić information content (AvgIpc) is 2.99. The fourth-order valence-corrected chi connectivity index (χ4v) is 3.80. The lowest BCUT2D eigenvalue weighted by molar-refractivity contribution is 0.282. The van der Waals surface area contributed by atoms with Crippen LogP contribution in [-0.4, -0.2) is 29.8 Å². The summed E-state index contributed by atoms with van der Waals surface area (Å²) in [4.78, 5) is 0.594. The van der Waals surface area contributed by atoms with Crippen molar-refractivity contribution >= 4 is 21.4 Å². The molecule has 0 unspecified atom stereocenters. The van der Waals surface area contributed by atoms with Gasteiger partial charge in [-0.3, -0.25) is 4.68 Å².